The monoisotopic (exact) mass is 724 g/mol. The molecule has 1 unspecified atom stereocenters. The predicted octanol–water partition coefficient (Wildman–Crippen LogP) is 8.56. The Labute approximate surface area is 319 Å². The largest absolute Gasteiger partial charge is 0.444 e. The van der Waals surface area contributed by atoms with Gasteiger partial charge in [-0.2, -0.15) is 0 Å². The van der Waals surface area contributed by atoms with Crippen LogP contribution in [0.2, 0.25) is 0 Å². The van der Waals surface area contributed by atoms with E-state index in [9.17, 15) is 14.4 Å². The molecule has 0 saturated carbocycles. The first-order chi connectivity index (χ1) is 26.0. The fourth-order valence-corrected chi connectivity index (χ4v) is 7.36. The van der Waals surface area contributed by atoms with E-state index in [0.717, 1.165) is 65.5 Å². The number of likely N-dealkylation sites (tertiary alicyclic amines) is 1. The molecule has 0 aliphatic carbocycles. The number of rotatable bonds is 12. The van der Waals surface area contributed by atoms with E-state index in [1.807, 2.05) is 54.6 Å². The Kier molecular flexibility index (Phi) is 12.4. The molecule has 1 aliphatic rings. The number of carbonyl (C=O) groups excluding carboxylic acids is 3. The van der Waals surface area contributed by atoms with Gasteiger partial charge in [-0.3, -0.25) is 14.5 Å². The molecule has 0 spiro atoms. The maximum Gasteiger partial charge on any atom is 0.407 e. The summed E-state index contributed by atoms with van der Waals surface area (Å²) >= 11 is 0. The average Bonchev–Trinajstić information content (AvgIpc) is 3.17. The Bertz CT molecular complexity index is 2050. The molecule has 2 N–H and O–H groups in total. The summed E-state index contributed by atoms with van der Waals surface area (Å²) in [6, 6.07) is 40.8. The van der Waals surface area contributed by atoms with E-state index in [0.29, 0.717) is 12.0 Å². The van der Waals surface area contributed by atoms with Crippen molar-refractivity contribution in [2.24, 2.45) is 0 Å². The topological polar surface area (TPSA) is 91.0 Å². The minimum absolute atomic E-state index is 0.0935. The summed E-state index contributed by atoms with van der Waals surface area (Å²) in [6.07, 6.45) is 1.59. The Hall–Kier alpha value is -5.47. The molecular formula is C46H52N4O4. The van der Waals surface area contributed by atoms with E-state index < -0.39 is 11.7 Å². The first kappa shape index (κ1) is 38.3. The average molecular weight is 725 g/mol. The van der Waals surface area contributed by atoms with E-state index in [-0.39, 0.29) is 37.0 Å². The highest BCUT2D eigenvalue weighted by Gasteiger charge is 2.32. The third-order valence-corrected chi connectivity index (χ3v) is 10.0. The van der Waals surface area contributed by atoms with Crippen LogP contribution >= 0.6 is 0 Å². The van der Waals surface area contributed by atoms with Gasteiger partial charge in [-0.15, -0.1) is 0 Å². The highest BCUT2D eigenvalue weighted by molar-refractivity contribution is 6.01. The van der Waals surface area contributed by atoms with Crippen LogP contribution in [-0.4, -0.2) is 65.5 Å². The number of nitrogens with zero attached hydrogens (tertiary/aromatic N) is 2. The van der Waals surface area contributed by atoms with Gasteiger partial charge in [0.2, 0.25) is 5.91 Å². The number of alkyl carbamates (subject to hydrolysis) is 1. The Balaban J connectivity index is 1.20. The van der Waals surface area contributed by atoms with E-state index in [4.69, 9.17) is 4.74 Å². The molecular weight excluding hydrogens is 673 g/mol. The molecule has 3 amide bonds. The summed E-state index contributed by atoms with van der Waals surface area (Å²) in [5.74, 6) is -0.117. The van der Waals surface area contributed by atoms with Gasteiger partial charge in [-0.25, -0.2) is 4.79 Å². The lowest BCUT2D eigenvalue weighted by Crippen LogP contribution is -2.48. The maximum absolute atomic E-state index is 14.5. The van der Waals surface area contributed by atoms with Gasteiger partial charge in [0.25, 0.3) is 5.91 Å². The van der Waals surface area contributed by atoms with Gasteiger partial charge in [-0.05, 0) is 91.3 Å². The second kappa shape index (κ2) is 17.6. The molecule has 0 radical (unpaired) electrons. The number of amides is 3. The number of benzene rings is 5. The molecule has 0 aromatic heterocycles. The first-order valence-corrected chi connectivity index (χ1v) is 19.0. The van der Waals surface area contributed by atoms with Crippen LogP contribution in [0.1, 0.15) is 73.6 Å². The number of fused-ring (bicyclic) bond motifs is 1. The number of carbonyl (C=O) groups is 3. The molecule has 1 atom stereocenters. The molecule has 0 bridgehead atoms. The van der Waals surface area contributed by atoms with Crippen LogP contribution in [0.15, 0.2) is 121 Å². The maximum atomic E-state index is 14.5. The lowest BCUT2D eigenvalue weighted by Gasteiger charge is -2.42. The molecule has 1 aliphatic heterocycles. The zero-order valence-electron chi connectivity index (χ0n) is 31.9. The molecule has 1 saturated heterocycles. The Morgan fingerprint density at radius 1 is 0.759 bits per heavy atom. The van der Waals surface area contributed by atoms with Crippen LogP contribution in [0.3, 0.4) is 0 Å². The lowest BCUT2D eigenvalue weighted by atomic mass is 9.93. The van der Waals surface area contributed by atoms with Gasteiger partial charge in [0.05, 0.1) is 12.5 Å². The second-order valence-corrected chi connectivity index (χ2v) is 15.2. The van der Waals surface area contributed by atoms with E-state index >= 15 is 0 Å². The van der Waals surface area contributed by atoms with Crippen LogP contribution in [0, 0.1) is 0 Å². The molecule has 6 rings (SSSR count). The normalized spacial score (nSPS) is 14.3. The van der Waals surface area contributed by atoms with E-state index in [1.54, 1.807) is 20.8 Å². The van der Waals surface area contributed by atoms with Crippen LogP contribution in [0.25, 0.3) is 21.9 Å². The van der Waals surface area contributed by atoms with Gasteiger partial charge < -0.3 is 20.3 Å². The summed E-state index contributed by atoms with van der Waals surface area (Å²) < 4.78 is 5.29. The SMILES string of the molecule is CC(c1cccc(-c2ccccc2C(=O)NCCNC(=O)OC(C)(C)C)c1)N(C(=O)Cc1ccc2ccccc2c1)C1CCN(Cc2ccccc2)CC1. The highest BCUT2D eigenvalue weighted by atomic mass is 16.6. The summed E-state index contributed by atoms with van der Waals surface area (Å²) in [5, 5.41) is 7.90. The molecule has 54 heavy (non-hydrogen) atoms. The zero-order chi connectivity index (χ0) is 38.1. The van der Waals surface area contributed by atoms with Crippen molar-refractivity contribution in [2.45, 2.75) is 71.2 Å². The quantitative estimate of drug-likeness (QED) is 0.126. The molecule has 8 nitrogen and oxygen atoms in total. The van der Waals surface area contributed by atoms with E-state index in [1.165, 1.54) is 5.56 Å². The van der Waals surface area contributed by atoms with Crippen LogP contribution in [0.4, 0.5) is 4.79 Å². The summed E-state index contributed by atoms with van der Waals surface area (Å²) in [4.78, 5) is 44.6. The van der Waals surface area contributed by atoms with Crippen molar-refractivity contribution in [3.05, 3.63) is 144 Å². The van der Waals surface area contributed by atoms with Crippen LogP contribution < -0.4 is 10.6 Å². The highest BCUT2D eigenvalue weighted by Crippen LogP contribution is 2.33. The molecule has 8 heteroatoms. The molecule has 5 aromatic carbocycles. The number of ether oxygens (including phenoxy) is 1. The van der Waals surface area contributed by atoms with Gasteiger partial charge in [0, 0.05) is 44.3 Å². The first-order valence-electron chi connectivity index (χ1n) is 19.0. The zero-order valence-corrected chi connectivity index (χ0v) is 31.9. The van der Waals surface area contributed by atoms with Crippen molar-refractivity contribution in [3.8, 4) is 11.1 Å². The Morgan fingerprint density at radius 3 is 2.20 bits per heavy atom. The predicted molar refractivity (Wildman–Crippen MR) is 216 cm³/mol. The van der Waals surface area contributed by atoms with Gasteiger partial charge >= 0.3 is 6.09 Å². The third kappa shape index (κ3) is 10.1. The smallest absolute Gasteiger partial charge is 0.407 e. The van der Waals surface area contributed by atoms with Crippen molar-refractivity contribution in [1.82, 2.24) is 20.4 Å². The lowest BCUT2D eigenvalue weighted by molar-refractivity contribution is -0.136. The van der Waals surface area contributed by atoms with Gasteiger partial charge in [0.1, 0.15) is 5.60 Å². The van der Waals surface area contributed by atoms with E-state index in [2.05, 4.69) is 94.1 Å². The second-order valence-electron chi connectivity index (χ2n) is 15.2. The van der Waals surface area contributed by atoms with Crippen molar-refractivity contribution in [3.63, 3.8) is 0 Å². The standard InChI is InChI=1S/C46H52N4O4/c1-33(37-17-12-18-39(31-37)41-19-10-11-20-42(41)44(52)47-25-26-48-45(53)54-46(2,3)4)50(40-23-27-49(28-24-40)32-34-13-6-5-7-14-34)43(51)30-35-21-22-36-15-8-9-16-38(36)29-35/h5-22,29,31,33,40H,23-28,30,32H2,1-4H3,(H,47,52)(H,48,53). The number of hydrogen-bond donors (Lipinski definition) is 2. The molecule has 280 valence electrons. The van der Waals surface area contributed by atoms with Crippen molar-refractivity contribution in [2.75, 3.05) is 26.2 Å². The molecule has 1 heterocycles. The number of hydrogen-bond acceptors (Lipinski definition) is 5. The third-order valence-electron chi connectivity index (χ3n) is 10.0. The number of piperidine rings is 1. The molecule has 1 fully saturated rings. The van der Waals surface area contributed by atoms with Gasteiger partial charge in [-0.1, -0.05) is 109 Å². The summed E-state index contributed by atoms with van der Waals surface area (Å²) in [7, 11) is 0. The fourth-order valence-electron chi connectivity index (χ4n) is 7.36. The summed E-state index contributed by atoms with van der Waals surface area (Å²) in [6.45, 7) is 10.8. The van der Waals surface area contributed by atoms with Crippen LogP contribution in [0.5, 0.6) is 0 Å². The Morgan fingerprint density at radius 2 is 1.44 bits per heavy atom. The van der Waals surface area contributed by atoms with Crippen molar-refractivity contribution in [1.29, 1.82) is 0 Å². The van der Waals surface area contributed by atoms with Crippen molar-refractivity contribution >= 4 is 28.7 Å². The molecule has 5 aromatic rings. The van der Waals surface area contributed by atoms with Gasteiger partial charge in [0.15, 0.2) is 0 Å². The van der Waals surface area contributed by atoms with Crippen molar-refractivity contribution < 1.29 is 19.1 Å². The summed E-state index contributed by atoms with van der Waals surface area (Å²) in [5.41, 5.74) is 4.96. The van der Waals surface area contributed by atoms with Crippen LogP contribution in [-0.2, 0) is 22.5 Å². The number of nitrogens with one attached hydrogen (secondary N) is 2. The fraction of sp³-hybridized carbons (Fsp3) is 0.326. The minimum Gasteiger partial charge on any atom is -0.444 e. The minimum atomic E-state index is -0.597.